The molecule has 0 aliphatic carbocycles. The molecule has 2 aromatic carbocycles. The lowest BCUT2D eigenvalue weighted by atomic mass is 10.1. The largest absolute Gasteiger partial charge is 0.466 e. The summed E-state index contributed by atoms with van der Waals surface area (Å²) >= 11 is 10.4. The highest BCUT2D eigenvalue weighted by Gasteiger charge is 2.49. The molecule has 0 saturated heterocycles. The molecule has 2 heterocycles. The number of ketones is 1. The Hall–Kier alpha value is -2.55. The summed E-state index contributed by atoms with van der Waals surface area (Å²) in [7, 11) is 1.33. The van der Waals surface area contributed by atoms with E-state index in [4.69, 9.17) is 21.4 Å². The Balaban J connectivity index is 1.71. The normalized spacial score (nSPS) is 20.0. The van der Waals surface area contributed by atoms with Gasteiger partial charge in [0.15, 0.2) is 5.78 Å². The predicted molar refractivity (Wildman–Crippen MR) is 141 cm³/mol. The summed E-state index contributed by atoms with van der Waals surface area (Å²) in [4.78, 5) is 30.0. The number of carbonyl (C=O) groups excluding carboxylic acids is 2. The highest BCUT2D eigenvalue weighted by Crippen LogP contribution is 2.35. The number of nitrogens with zero attached hydrogens (tertiary/aromatic N) is 4. The van der Waals surface area contributed by atoms with E-state index in [1.807, 2.05) is 54.3 Å². The molecule has 2 atom stereocenters. The molecule has 7 nitrogen and oxygen atoms in total. The number of para-hydroxylation sites is 1. The van der Waals surface area contributed by atoms with Crippen molar-refractivity contribution in [2.24, 2.45) is 4.99 Å². The van der Waals surface area contributed by atoms with Crippen molar-refractivity contribution in [1.29, 1.82) is 0 Å². The summed E-state index contributed by atoms with van der Waals surface area (Å²) < 4.78 is 7.48. The SMILES string of the molecule is CCCCC1N=CC(Cl)(C(=O)OC)N1Cc1ccc2nn(-c3ccccc3C(=O)CC)c(Br)c2c1. The zero-order chi connectivity index (χ0) is 25.2. The second-order valence-corrected chi connectivity index (χ2v) is 9.87. The van der Waals surface area contributed by atoms with Crippen molar-refractivity contribution in [2.75, 3.05) is 7.11 Å². The standard InChI is InChI=1S/C26H28BrClN4O3/c1-4-6-11-23-29-16-26(28,25(34)35-3)31(23)15-17-12-13-20-19(14-17)24(27)32(30-20)21-10-8-7-9-18(21)22(33)5-2/h7-10,12-14,16,23H,4-6,11,15H2,1-3H3. The number of rotatable bonds is 9. The van der Waals surface area contributed by atoms with E-state index < -0.39 is 11.0 Å². The lowest BCUT2D eigenvalue weighted by Crippen LogP contribution is -2.51. The minimum absolute atomic E-state index is 0.0566. The van der Waals surface area contributed by atoms with Gasteiger partial charge in [-0.25, -0.2) is 14.4 Å². The van der Waals surface area contributed by atoms with Crippen LogP contribution in [0.2, 0.25) is 0 Å². The molecule has 0 fully saturated rings. The molecule has 0 radical (unpaired) electrons. The van der Waals surface area contributed by atoms with Gasteiger partial charge in [0.05, 0.1) is 18.3 Å². The van der Waals surface area contributed by atoms with Gasteiger partial charge in [-0.1, -0.05) is 56.5 Å². The van der Waals surface area contributed by atoms with Crippen LogP contribution in [-0.4, -0.2) is 50.9 Å². The van der Waals surface area contributed by atoms with Gasteiger partial charge in [0.1, 0.15) is 10.8 Å². The molecule has 184 valence electrons. The van der Waals surface area contributed by atoms with Crippen LogP contribution in [0.4, 0.5) is 0 Å². The number of alkyl halides is 1. The minimum Gasteiger partial charge on any atom is -0.466 e. The van der Waals surface area contributed by atoms with Gasteiger partial charge in [-0.2, -0.15) is 5.10 Å². The maximum Gasteiger partial charge on any atom is 0.347 e. The number of unbranched alkanes of at least 4 members (excludes halogenated alkanes) is 1. The van der Waals surface area contributed by atoms with Crippen LogP contribution < -0.4 is 0 Å². The number of aliphatic imine (C=N–C) groups is 1. The average molecular weight is 560 g/mol. The van der Waals surface area contributed by atoms with E-state index in [1.165, 1.54) is 13.3 Å². The number of hydrogen-bond acceptors (Lipinski definition) is 6. The number of aromatic nitrogens is 2. The predicted octanol–water partition coefficient (Wildman–Crippen LogP) is 5.89. The van der Waals surface area contributed by atoms with E-state index in [2.05, 4.69) is 27.8 Å². The van der Waals surface area contributed by atoms with E-state index in [0.717, 1.165) is 46.0 Å². The first kappa shape index (κ1) is 25.5. The Bertz CT molecular complexity index is 1290. The maximum absolute atomic E-state index is 12.6. The van der Waals surface area contributed by atoms with Gasteiger partial charge in [-0.3, -0.25) is 9.79 Å². The molecule has 3 aromatic rings. The number of methoxy groups -OCH3 is 1. The molecule has 9 heteroatoms. The van der Waals surface area contributed by atoms with Crippen LogP contribution in [0.15, 0.2) is 52.1 Å². The topological polar surface area (TPSA) is 76.8 Å². The van der Waals surface area contributed by atoms with E-state index in [1.54, 1.807) is 4.68 Å². The molecule has 0 saturated carbocycles. The fraction of sp³-hybridized carbons (Fsp3) is 0.385. The third-order valence-corrected chi connectivity index (χ3v) is 7.50. The van der Waals surface area contributed by atoms with Crippen LogP contribution in [0.25, 0.3) is 16.6 Å². The molecule has 0 spiro atoms. The minimum atomic E-state index is -1.44. The van der Waals surface area contributed by atoms with Crippen molar-refractivity contribution >= 4 is 56.4 Å². The number of carbonyl (C=O) groups is 2. The quantitative estimate of drug-likeness (QED) is 0.141. The van der Waals surface area contributed by atoms with Crippen LogP contribution in [0.3, 0.4) is 0 Å². The Morgan fingerprint density at radius 3 is 2.69 bits per heavy atom. The van der Waals surface area contributed by atoms with Gasteiger partial charge in [0, 0.05) is 30.1 Å². The third kappa shape index (κ3) is 4.79. The summed E-state index contributed by atoms with van der Waals surface area (Å²) in [5.74, 6) is -0.490. The molecule has 1 aliphatic rings. The molecule has 35 heavy (non-hydrogen) atoms. The lowest BCUT2D eigenvalue weighted by Gasteiger charge is -2.32. The smallest absolute Gasteiger partial charge is 0.347 e. The number of hydrogen-bond donors (Lipinski definition) is 0. The summed E-state index contributed by atoms with van der Waals surface area (Å²) in [6.07, 6.45) is 4.49. The molecular formula is C26H28BrClN4O3. The second kappa shape index (κ2) is 10.6. The van der Waals surface area contributed by atoms with Crippen molar-refractivity contribution in [2.45, 2.75) is 57.2 Å². The monoisotopic (exact) mass is 558 g/mol. The summed E-state index contributed by atoms with van der Waals surface area (Å²) in [5, 5.41) is 5.63. The molecule has 4 rings (SSSR count). The van der Waals surface area contributed by atoms with E-state index in [9.17, 15) is 9.59 Å². The highest BCUT2D eigenvalue weighted by atomic mass is 79.9. The van der Waals surface area contributed by atoms with Crippen LogP contribution in [0, 0.1) is 0 Å². The van der Waals surface area contributed by atoms with Crippen molar-refractivity contribution in [3.05, 3.63) is 58.2 Å². The number of halogens is 2. The van der Waals surface area contributed by atoms with Crippen LogP contribution >= 0.6 is 27.5 Å². The van der Waals surface area contributed by atoms with Crippen molar-refractivity contribution in [3.8, 4) is 5.69 Å². The maximum atomic E-state index is 12.6. The zero-order valence-electron chi connectivity index (χ0n) is 20.0. The van der Waals surface area contributed by atoms with Crippen LogP contribution in [0.5, 0.6) is 0 Å². The Morgan fingerprint density at radius 2 is 1.97 bits per heavy atom. The third-order valence-electron chi connectivity index (χ3n) is 6.27. The molecule has 2 unspecified atom stereocenters. The fourth-order valence-corrected chi connectivity index (χ4v) is 5.24. The summed E-state index contributed by atoms with van der Waals surface area (Å²) in [6.45, 7) is 4.37. The fourth-order valence-electron chi connectivity index (χ4n) is 4.35. The molecule has 0 N–H and O–H groups in total. The number of benzene rings is 2. The van der Waals surface area contributed by atoms with E-state index in [0.29, 0.717) is 18.5 Å². The van der Waals surface area contributed by atoms with E-state index in [-0.39, 0.29) is 11.9 Å². The number of ether oxygens (including phenoxy) is 1. The highest BCUT2D eigenvalue weighted by molar-refractivity contribution is 9.10. The molecule has 0 bridgehead atoms. The number of esters is 1. The second-order valence-electron chi connectivity index (χ2n) is 8.54. The lowest BCUT2D eigenvalue weighted by molar-refractivity contribution is -0.146. The van der Waals surface area contributed by atoms with Gasteiger partial charge >= 0.3 is 5.97 Å². The van der Waals surface area contributed by atoms with Crippen molar-refractivity contribution in [1.82, 2.24) is 14.7 Å². The summed E-state index contributed by atoms with van der Waals surface area (Å²) in [5.41, 5.74) is 3.09. The van der Waals surface area contributed by atoms with Crippen molar-refractivity contribution in [3.63, 3.8) is 0 Å². The molecule has 1 aliphatic heterocycles. The van der Waals surface area contributed by atoms with Crippen LogP contribution in [-0.2, 0) is 16.1 Å². The zero-order valence-corrected chi connectivity index (χ0v) is 22.3. The first-order chi connectivity index (χ1) is 16.8. The first-order valence-corrected chi connectivity index (χ1v) is 12.9. The molecule has 1 aromatic heterocycles. The Labute approximate surface area is 218 Å². The first-order valence-electron chi connectivity index (χ1n) is 11.7. The Kier molecular flexibility index (Phi) is 7.73. The number of Topliss-reactive ketones (excluding diaryl/α,β-unsaturated/α-hetero) is 1. The van der Waals surface area contributed by atoms with Gasteiger partial charge in [-0.05, 0) is 52.2 Å². The number of fused-ring (bicyclic) bond motifs is 1. The van der Waals surface area contributed by atoms with E-state index >= 15 is 0 Å². The Morgan fingerprint density at radius 1 is 1.20 bits per heavy atom. The molecular weight excluding hydrogens is 532 g/mol. The van der Waals surface area contributed by atoms with Crippen molar-refractivity contribution < 1.29 is 14.3 Å². The summed E-state index contributed by atoms with van der Waals surface area (Å²) in [6, 6.07) is 13.4. The average Bonchev–Trinajstić information content (AvgIpc) is 3.38. The van der Waals surface area contributed by atoms with Gasteiger partial charge in [0.2, 0.25) is 5.00 Å². The van der Waals surface area contributed by atoms with Gasteiger partial charge < -0.3 is 4.74 Å². The van der Waals surface area contributed by atoms with Crippen LogP contribution in [0.1, 0.15) is 55.5 Å². The van der Waals surface area contributed by atoms with Gasteiger partial charge in [0.25, 0.3) is 0 Å². The molecule has 0 amide bonds. The van der Waals surface area contributed by atoms with Gasteiger partial charge in [-0.15, -0.1) is 0 Å².